The third-order valence-corrected chi connectivity index (χ3v) is 2.95. The largest absolute Gasteiger partial charge is 0.369 e. The molecule has 1 heterocycles. The van der Waals surface area contributed by atoms with Crippen LogP contribution in [-0.2, 0) is 11.2 Å². The van der Waals surface area contributed by atoms with Crippen LogP contribution in [0.1, 0.15) is 68.5 Å². The lowest BCUT2D eigenvalue weighted by Gasteiger charge is -2.19. The molecule has 0 aliphatic carbocycles. The van der Waals surface area contributed by atoms with Crippen LogP contribution in [0.15, 0.2) is 6.07 Å². The van der Waals surface area contributed by atoms with Crippen LogP contribution in [0.4, 0.5) is 8.78 Å². The van der Waals surface area contributed by atoms with Crippen LogP contribution in [0, 0.1) is 0 Å². The van der Waals surface area contributed by atoms with Gasteiger partial charge in [0.05, 0.1) is 6.42 Å². The molecule has 0 aliphatic heterocycles. The number of nitrogens with zero attached hydrogens (tertiary/aromatic N) is 1. The summed E-state index contributed by atoms with van der Waals surface area (Å²) < 4.78 is 25.8. The minimum atomic E-state index is -2.61. The zero-order valence-corrected chi connectivity index (χ0v) is 11.7. The first-order chi connectivity index (χ1) is 8.73. The summed E-state index contributed by atoms with van der Waals surface area (Å²) in [5.41, 5.74) is 6.98. The smallest absolute Gasteiger partial charge is 0.280 e. The van der Waals surface area contributed by atoms with E-state index < -0.39 is 12.3 Å². The number of halogens is 2. The van der Waals surface area contributed by atoms with Gasteiger partial charge in [0.25, 0.3) is 6.43 Å². The molecule has 0 bridgehead atoms. The Morgan fingerprint density at radius 1 is 1.26 bits per heavy atom. The van der Waals surface area contributed by atoms with Crippen molar-refractivity contribution >= 4 is 5.91 Å². The molecule has 106 valence electrons. The molecule has 0 fully saturated rings. The van der Waals surface area contributed by atoms with Gasteiger partial charge in [-0.15, -0.1) is 0 Å². The number of pyridine rings is 1. The van der Waals surface area contributed by atoms with Crippen LogP contribution >= 0.6 is 0 Å². The molecule has 2 N–H and O–H groups in total. The Bertz CT molecular complexity index is 442. The molecule has 0 aromatic carbocycles. The van der Waals surface area contributed by atoms with Gasteiger partial charge in [-0.2, -0.15) is 0 Å². The quantitative estimate of drug-likeness (QED) is 0.892. The average molecular weight is 270 g/mol. The van der Waals surface area contributed by atoms with Crippen molar-refractivity contribution in [2.45, 2.75) is 52.4 Å². The van der Waals surface area contributed by atoms with Gasteiger partial charge in [-0.25, -0.2) is 8.78 Å². The number of primary amides is 1. The highest BCUT2D eigenvalue weighted by Gasteiger charge is 2.21. The Hall–Kier alpha value is -1.52. The second-order valence-corrected chi connectivity index (χ2v) is 5.25. The van der Waals surface area contributed by atoms with E-state index in [2.05, 4.69) is 4.98 Å². The van der Waals surface area contributed by atoms with Crippen LogP contribution < -0.4 is 5.73 Å². The molecule has 1 amide bonds. The highest BCUT2D eigenvalue weighted by molar-refractivity contribution is 5.77. The number of hydrogen-bond donors (Lipinski definition) is 1. The van der Waals surface area contributed by atoms with E-state index in [1.165, 1.54) is 6.07 Å². The first kappa shape index (κ1) is 15.5. The molecule has 3 nitrogen and oxygen atoms in total. The highest BCUT2D eigenvalue weighted by atomic mass is 19.3. The van der Waals surface area contributed by atoms with Gasteiger partial charge in [0.2, 0.25) is 5.91 Å². The second-order valence-electron chi connectivity index (χ2n) is 5.25. The number of carbonyl (C=O) groups is 1. The van der Waals surface area contributed by atoms with Crippen LogP contribution in [0.3, 0.4) is 0 Å². The summed E-state index contributed by atoms with van der Waals surface area (Å²) in [6, 6.07) is 1.39. The van der Waals surface area contributed by atoms with E-state index in [1.807, 2.05) is 27.7 Å². The molecule has 0 saturated heterocycles. The summed E-state index contributed by atoms with van der Waals surface area (Å²) in [6.07, 6.45) is -2.57. The third kappa shape index (κ3) is 3.72. The maximum atomic E-state index is 12.9. The summed E-state index contributed by atoms with van der Waals surface area (Å²) in [4.78, 5) is 15.2. The molecule has 0 unspecified atom stereocenters. The van der Waals surface area contributed by atoms with E-state index in [-0.39, 0.29) is 24.0 Å². The first-order valence-electron chi connectivity index (χ1n) is 6.34. The summed E-state index contributed by atoms with van der Waals surface area (Å²) in [6.45, 7) is 7.54. The van der Waals surface area contributed by atoms with Crippen molar-refractivity contribution in [2.75, 3.05) is 0 Å². The molecule has 0 atom stereocenters. The number of amides is 1. The molecule has 19 heavy (non-hydrogen) atoms. The highest BCUT2D eigenvalue weighted by Crippen LogP contribution is 2.30. The Morgan fingerprint density at radius 2 is 1.84 bits per heavy atom. The first-order valence-corrected chi connectivity index (χ1v) is 6.34. The second kappa shape index (κ2) is 6.08. The number of alkyl halides is 2. The molecular formula is C14H20F2N2O. The van der Waals surface area contributed by atoms with Gasteiger partial charge in [0, 0.05) is 5.69 Å². The van der Waals surface area contributed by atoms with E-state index in [9.17, 15) is 13.6 Å². The lowest BCUT2D eigenvalue weighted by atomic mass is 9.90. The van der Waals surface area contributed by atoms with Gasteiger partial charge in [0.15, 0.2) is 0 Å². The summed E-state index contributed by atoms with van der Waals surface area (Å²) in [5.74, 6) is -0.478. The van der Waals surface area contributed by atoms with E-state index in [0.717, 1.165) is 5.56 Å². The number of carbonyl (C=O) groups excluding carboxylic acids is 1. The molecular weight excluding hydrogens is 250 g/mol. The third-order valence-electron chi connectivity index (χ3n) is 2.95. The Balaban J connectivity index is 3.50. The summed E-state index contributed by atoms with van der Waals surface area (Å²) in [5, 5.41) is 0. The normalized spacial score (nSPS) is 11.6. The van der Waals surface area contributed by atoms with Crippen LogP contribution in [0.25, 0.3) is 0 Å². The standard InChI is InChI=1S/C14H20F2N2O/c1-7(2)9-5-11(14(15)16)18-13(8(3)4)10(9)6-12(17)19/h5,7-8,14H,6H2,1-4H3,(H2,17,19). The molecule has 1 rings (SSSR count). The summed E-state index contributed by atoms with van der Waals surface area (Å²) in [7, 11) is 0. The number of aromatic nitrogens is 1. The lowest BCUT2D eigenvalue weighted by molar-refractivity contribution is -0.117. The van der Waals surface area contributed by atoms with Crippen LogP contribution in [0.5, 0.6) is 0 Å². The predicted molar refractivity (Wildman–Crippen MR) is 70.3 cm³/mol. The number of hydrogen-bond acceptors (Lipinski definition) is 2. The zero-order chi connectivity index (χ0) is 14.7. The molecule has 1 aromatic rings. The molecule has 0 radical (unpaired) electrons. The van der Waals surface area contributed by atoms with Crippen molar-refractivity contribution in [3.05, 3.63) is 28.6 Å². The van der Waals surface area contributed by atoms with Gasteiger partial charge < -0.3 is 5.73 Å². The van der Waals surface area contributed by atoms with Crippen LogP contribution in [-0.4, -0.2) is 10.9 Å². The van der Waals surface area contributed by atoms with Crippen molar-refractivity contribution in [3.63, 3.8) is 0 Å². The van der Waals surface area contributed by atoms with Crippen molar-refractivity contribution in [1.82, 2.24) is 4.98 Å². The maximum Gasteiger partial charge on any atom is 0.280 e. The fraction of sp³-hybridized carbons (Fsp3) is 0.571. The van der Waals surface area contributed by atoms with E-state index in [0.29, 0.717) is 11.3 Å². The van der Waals surface area contributed by atoms with E-state index in [1.54, 1.807) is 0 Å². The Kier molecular flexibility index (Phi) is 4.97. The van der Waals surface area contributed by atoms with E-state index >= 15 is 0 Å². The maximum absolute atomic E-state index is 12.9. The Labute approximate surface area is 112 Å². The number of nitrogens with two attached hydrogens (primary N) is 1. The average Bonchev–Trinajstić information content (AvgIpc) is 2.27. The monoisotopic (exact) mass is 270 g/mol. The molecule has 5 heteroatoms. The summed E-state index contributed by atoms with van der Waals surface area (Å²) >= 11 is 0. The zero-order valence-electron chi connectivity index (χ0n) is 11.7. The minimum absolute atomic E-state index is 0.0346. The predicted octanol–water partition coefficient (Wildman–Crippen LogP) is 3.29. The fourth-order valence-electron chi connectivity index (χ4n) is 2.10. The van der Waals surface area contributed by atoms with Gasteiger partial charge in [-0.3, -0.25) is 9.78 Å². The number of rotatable bonds is 5. The molecule has 0 saturated carbocycles. The van der Waals surface area contributed by atoms with Crippen LogP contribution in [0.2, 0.25) is 0 Å². The van der Waals surface area contributed by atoms with Crippen molar-refractivity contribution < 1.29 is 13.6 Å². The topological polar surface area (TPSA) is 56.0 Å². The molecule has 0 spiro atoms. The molecule has 0 aliphatic rings. The van der Waals surface area contributed by atoms with Crippen molar-refractivity contribution in [2.24, 2.45) is 5.73 Å². The molecule has 1 aromatic heterocycles. The fourth-order valence-corrected chi connectivity index (χ4v) is 2.10. The van der Waals surface area contributed by atoms with E-state index in [4.69, 9.17) is 5.73 Å². The van der Waals surface area contributed by atoms with Crippen molar-refractivity contribution in [3.8, 4) is 0 Å². The Morgan fingerprint density at radius 3 is 2.21 bits per heavy atom. The van der Waals surface area contributed by atoms with Gasteiger partial charge >= 0.3 is 0 Å². The lowest BCUT2D eigenvalue weighted by Crippen LogP contribution is -2.19. The van der Waals surface area contributed by atoms with Crippen molar-refractivity contribution in [1.29, 1.82) is 0 Å². The van der Waals surface area contributed by atoms with Gasteiger partial charge in [-0.05, 0) is 29.0 Å². The van der Waals surface area contributed by atoms with Gasteiger partial charge in [0.1, 0.15) is 5.69 Å². The van der Waals surface area contributed by atoms with Gasteiger partial charge in [-0.1, -0.05) is 27.7 Å². The SMILES string of the molecule is CC(C)c1cc(C(F)F)nc(C(C)C)c1CC(N)=O. The minimum Gasteiger partial charge on any atom is -0.369 e.